The highest BCUT2D eigenvalue weighted by Gasteiger charge is 2.05. The Morgan fingerprint density at radius 2 is 2.54 bits per heavy atom. The van der Waals surface area contributed by atoms with Crippen molar-refractivity contribution >= 4 is 23.7 Å². The Morgan fingerprint density at radius 3 is 3.15 bits per heavy atom. The predicted molar refractivity (Wildman–Crippen MR) is 48.1 cm³/mol. The van der Waals surface area contributed by atoms with Crippen LogP contribution < -0.4 is 10.1 Å². The lowest BCUT2D eigenvalue weighted by atomic mass is 10.6. The first kappa shape index (κ1) is 9.73. The summed E-state index contributed by atoms with van der Waals surface area (Å²) in [5, 5.41) is 3.01. The molecule has 0 unspecified atom stereocenters. The molecule has 0 aliphatic carbocycles. The van der Waals surface area contributed by atoms with Crippen LogP contribution in [0.25, 0.3) is 0 Å². The zero-order valence-corrected chi connectivity index (χ0v) is 7.71. The summed E-state index contributed by atoms with van der Waals surface area (Å²) in [5.41, 5.74) is 0. The van der Waals surface area contributed by atoms with Crippen LogP contribution in [-0.2, 0) is 4.79 Å². The molecule has 5 nitrogen and oxygen atoms in total. The van der Waals surface area contributed by atoms with Gasteiger partial charge in [-0.05, 0) is 0 Å². The van der Waals surface area contributed by atoms with E-state index in [1.807, 2.05) is 0 Å². The molecule has 0 aromatic carbocycles. The first-order valence-electron chi connectivity index (χ1n) is 3.54. The van der Waals surface area contributed by atoms with E-state index in [1.54, 1.807) is 7.05 Å². The van der Waals surface area contributed by atoms with Gasteiger partial charge in [-0.2, -0.15) is 0 Å². The molecule has 0 radical (unpaired) electrons. The summed E-state index contributed by atoms with van der Waals surface area (Å²) < 4.78 is 4.97. The summed E-state index contributed by atoms with van der Waals surface area (Å²) >= 11 is 5.59. The van der Waals surface area contributed by atoms with Gasteiger partial charge in [-0.1, -0.05) is 11.6 Å². The van der Waals surface area contributed by atoms with Crippen molar-refractivity contribution in [3.05, 3.63) is 11.3 Å². The van der Waals surface area contributed by atoms with Crippen LogP contribution in [0.5, 0.6) is 5.88 Å². The average molecular weight is 202 g/mol. The zero-order chi connectivity index (χ0) is 9.68. The first-order valence-corrected chi connectivity index (χ1v) is 3.92. The van der Waals surface area contributed by atoms with E-state index in [2.05, 4.69) is 15.3 Å². The first-order chi connectivity index (χ1) is 6.27. The average Bonchev–Trinajstić information content (AvgIpc) is 2.16. The number of hydrogen-bond acceptors (Lipinski definition) is 5. The standard InChI is InChI=1S/C7H8ClN3O2/c1-9-6-7(13-3-2-12)10-4-5(8)11-6/h2,4H,3H2,1H3,(H,9,11). The molecule has 1 aromatic rings. The molecule has 6 heteroatoms. The smallest absolute Gasteiger partial charge is 0.257 e. The molecule has 0 saturated carbocycles. The summed E-state index contributed by atoms with van der Waals surface area (Å²) in [6, 6.07) is 0. The van der Waals surface area contributed by atoms with Crippen molar-refractivity contribution in [3.8, 4) is 5.88 Å². The molecular weight excluding hydrogens is 194 g/mol. The monoisotopic (exact) mass is 201 g/mol. The molecule has 0 aliphatic rings. The third-order valence-corrected chi connectivity index (χ3v) is 1.42. The number of aromatic nitrogens is 2. The van der Waals surface area contributed by atoms with Gasteiger partial charge in [0, 0.05) is 7.05 Å². The van der Waals surface area contributed by atoms with Crippen LogP contribution in [-0.4, -0.2) is 29.9 Å². The number of anilines is 1. The molecule has 1 N–H and O–H groups in total. The molecule has 13 heavy (non-hydrogen) atoms. The van der Waals surface area contributed by atoms with Crippen LogP contribution in [0.1, 0.15) is 0 Å². The molecular formula is C7H8ClN3O2. The maximum Gasteiger partial charge on any atom is 0.257 e. The molecule has 0 amide bonds. The number of aldehydes is 1. The number of nitrogens with one attached hydrogen (secondary N) is 1. The quantitative estimate of drug-likeness (QED) is 0.729. The van der Waals surface area contributed by atoms with Gasteiger partial charge in [-0.25, -0.2) is 9.97 Å². The van der Waals surface area contributed by atoms with Gasteiger partial charge in [0.05, 0.1) is 6.20 Å². The lowest BCUT2D eigenvalue weighted by Gasteiger charge is -2.06. The Balaban J connectivity index is 2.85. The second-order valence-electron chi connectivity index (χ2n) is 2.07. The molecule has 1 rings (SSSR count). The third kappa shape index (κ3) is 2.55. The maximum atomic E-state index is 10.0. The Hall–Kier alpha value is -1.36. The van der Waals surface area contributed by atoms with Crippen molar-refractivity contribution in [2.45, 2.75) is 0 Å². The summed E-state index contributed by atoms with van der Waals surface area (Å²) in [6.07, 6.45) is 1.98. The summed E-state index contributed by atoms with van der Waals surface area (Å²) in [5.74, 6) is 0.674. The van der Waals surface area contributed by atoms with Crippen molar-refractivity contribution in [1.82, 2.24) is 9.97 Å². The van der Waals surface area contributed by atoms with Crippen molar-refractivity contribution in [1.29, 1.82) is 0 Å². The molecule has 0 bridgehead atoms. The zero-order valence-electron chi connectivity index (χ0n) is 6.95. The highest BCUT2D eigenvalue weighted by molar-refractivity contribution is 6.29. The second-order valence-corrected chi connectivity index (χ2v) is 2.46. The van der Waals surface area contributed by atoms with Crippen LogP contribution in [0.3, 0.4) is 0 Å². The number of halogens is 1. The van der Waals surface area contributed by atoms with Gasteiger partial charge in [0.2, 0.25) is 0 Å². The lowest BCUT2D eigenvalue weighted by Crippen LogP contribution is -2.04. The fraction of sp³-hybridized carbons (Fsp3) is 0.286. The van der Waals surface area contributed by atoms with Gasteiger partial charge in [0.25, 0.3) is 5.88 Å². The second kappa shape index (κ2) is 4.61. The predicted octanol–water partition coefficient (Wildman–Crippen LogP) is 0.749. The van der Waals surface area contributed by atoms with E-state index in [9.17, 15) is 4.79 Å². The van der Waals surface area contributed by atoms with Gasteiger partial charge >= 0.3 is 0 Å². The molecule has 0 saturated heterocycles. The molecule has 70 valence electrons. The largest absolute Gasteiger partial charge is 0.467 e. The summed E-state index contributed by atoms with van der Waals surface area (Å²) in [7, 11) is 1.66. The van der Waals surface area contributed by atoms with Crippen molar-refractivity contribution in [2.24, 2.45) is 0 Å². The van der Waals surface area contributed by atoms with Crippen LogP contribution >= 0.6 is 11.6 Å². The molecule has 0 spiro atoms. The number of hydrogen-bond donors (Lipinski definition) is 1. The van der Waals surface area contributed by atoms with Gasteiger partial charge in [0.1, 0.15) is 11.8 Å². The fourth-order valence-corrected chi connectivity index (χ4v) is 0.871. The molecule has 0 aliphatic heterocycles. The highest BCUT2D eigenvalue weighted by Crippen LogP contribution is 2.19. The fourth-order valence-electron chi connectivity index (χ4n) is 0.738. The highest BCUT2D eigenvalue weighted by atomic mass is 35.5. The number of nitrogens with zero attached hydrogens (tertiary/aromatic N) is 2. The minimum atomic E-state index is -0.0506. The topological polar surface area (TPSA) is 64.1 Å². The summed E-state index contributed by atoms with van der Waals surface area (Å²) in [4.78, 5) is 17.8. The van der Waals surface area contributed by atoms with Gasteiger partial charge in [-0.15, -0.1) is 0 Å². The Bertz CT molecular complexity index is 306. The number of ether oxygens (including phenoxy) is 1. The molecule has 1 heterocycles. The minimum Gasteiger partial charge on any atom is -0.467 e. The van der Waals surface area contributed by atoms with Gasteiger partial charge in [0.15, 0.2) is 12.1 Å². The van der Waals surface area contributed by atoms with Crippen LogP contribution in [0, 0.1) is 0 Å². The molecule has 0 atom stereocenters. The van der Waals surface area contributed by atoms with E-state index in [0.717, 1.165) is 0 Å². The number of carbonyl (C=O) groups excluding carboxylic acids is 1. The minimum absolute atomic E-state index is 0.0506. The normalized spacial score (nSPS) is 9.38. The van der Waals surface area contributed by atoms with E-state index in [0.29, 0.717) is 12.1 Å². The maximum absolute atomic E-state index is 10.0. The molecule has 1 aromatic heterocycles. The Labute approximate surface area is 80.1 Å². The van der Waals surface area contributed by atoms with Crippen LogP contribution in [0.2, 0.25) is 5.15 Å². The number of carbonyl (C=O) groups is 1. The SMILES string of the molecule is CNc1nc(Cl)cnc1OCC=O. The summed E-state index contributed by atoms with van der Waals surface area (Å²) in [6.45, 7) is -0.0506. The lowest BCUT2D eigenvalue weighted by molar-refractivity contribution is -0.109. The van der Waals surface area contributed by atoms with Crippen molar-refractivity contribution in [3.63, 3.8) is 0 Å². The van der Waals surface area contributed by atoms with E-state index in [1.165, 1.54) is 6.20 Å². The van der Waals surface area contributed by atoms with Gasteiger partial charge < -0.3 is 10.1 Å². The van der Waals surface area contributed by atoms with Crippen molar-refractivity contribution in [2.75, 3.05) is 19.0 Å². The van der Waals surface area contributed by atoms with E-state index >= 15 is 0 Å². The van der Waals surface area contributed by atoms with Gasteiger partial charge in [-0.3, -0.25) is 4.79 Å². The van der Waals surface area contributed by atoms with Crippen LogP contribution in [0.15, 0.2) is 6.20 Å². The van der Waals surface area contributed by atoms with Crippen molar-refractivity contribution < 1.29 is 9.53 Å². The van der Waals surface area contributed by atoms with E-state index < -0.39 is 0 Å². The van der Waals surface area contributed by atoms with E-state index in [-0.39, 0.29) is 17.6 Å². The molecule has 0 fully saturated rings. The van der Waals surface area contributed by atoms with E-state index in [4.69, 9.17) is 16.3 Å². The third-order valence-electron chi connectivity index (χ3n) is 1.23. The number of rotatable bonds is 4. The Kier molecular flexibility index (Phi) is 3.45. The Morgan fingerprint density at radius 1 is 1.77 bits per heavy atom. The van der Waals surface area contributed by atoms with Crippen LogP contribution in [0.4, 0.5) is 5.82 Å².